The lowest BCUT2D eigenvalue weighted by Crippen LogP contribution is -2.38. The monoisotopic (exact) mass is 364 g/mol. The normalized spacial score (nSPS) is 10.2. The minimum absolute atomic E-state index is 0.0127. The predicted molar refractivity (Wildman–Crippen MR) is 78.8 cm³/mol. The van der Waals surface area contributed by atoms with Crippen LogP contribution < -0.4 is 10.5 Å². The molecule has 0 aliphatic rings. The van der Waals surface area contributed by atoms with Crippen LogP contribution in [0.25, 0.3) is 0 Å². The van der Waals surface area contributed by atoms with E-state index in [9.17, 15) is 9.59 Å². The van der Waals surface area contributed by atoms with Gasteiger partial charge in [-0.25, -0.2) is 4.98 Å². The van der Waals surface area contributed by atoms with Crippen LogP contribution in [0.15, 0.2) is 11.1 Å². The van der Waals surface area contributed by atoms with Crippen LogP contribution in [-0.2, 0) is 4.79 Å². The molecule has 1 amide bonds. The maximum Gasteiger partial charge on any atom is 0.266 e. The molecule has 1 N–H and O–H groups in total. The molecule has 7 heteroatoms. The van der Waals surface area contributed by atoms with Crippen LogP contribution in [0, 0.1) is 3.57 Å². The van der Waals surface area contributed by atoms with Crippen molar-refractivity contribution < 1.29 is 4.79 Å². The topological polar surface area (TPSA) is 69.3 Å². The quantitative estimate of drug-likeness (QED) is 0.781. The van der Waals surface area contributed by atoms with Gasteiger partial charge in [0.2, 0.25) is 5.91 Å². The highest BCUT2D eigenvalue weighted by Gasteiger charge is 2.17. The van der Waals surface area contributed by atoms with Gasteiger partial charge in [0.15, 0.2) is 0 Å². The number of nitrogens with zero attached hydrogens (tertiary/aromatic N) is 3. The van der Waals surface area contributed by atoms with Gasteiger partial charge in [-0.2, -0.15) is 0 Å². The SMILES string of the molecule is CCCN(CC(=O)N(C)C)c1nc[nH]c(=O)c1I. The van der Waals surface area contributed by atoms with Crippen molar-refractivity contribution >= 4 is 34.3 Å². The molecule has 0 spiro atoms. The van der Waals surface area contributed by atoms with E-state index in [1.807, 2.05) is 34.4 Å². The Morgan fingerprint density at radius 3 is 2.72 bits per heavy atom. The lowest BCUT2D eigenvalue weighted by atomic mass is 10.3. The first kappa shape index (κ1) is 14.9. The number of carbonyl (C=O) groups is 1. The molecule has 0 saturated heterocycles. The van der Waals surface area contributed by atoms with Gasteiger partial charge in [0.25, 0.3) is 5.56 Å². The predicted octanol–water partition coefficient (Wildman–Crippen LogP) is 0.679. The third kappa shape index (κ3) is 3.69. The van der Waals surface area contributed by atoms with Gasteiger partial charge in [-0.05, 0) is 29.0 Å². The Morgan fingerprint density at radius 2 is 2.17 bits per heavy atom. The summed E-state index contributed by atoms with van der Waals surface area (Å²) in [6.07, 6.45) is 2.24. The average Bonchev–Trinajstić information content (AvgIpc) is 2.32. The van der Waals surface area contributed by atoms with E-state index in [2.05, 4.69) is 9.97 Å². The van der Waals surface area contributed by atoms with Crippen LogP contribution in [0.5, 0.6) is 0 Å². The van der Waals surface area contributed by atoms with E-state index in [-0.39, 0.29) is 18.0 Å². The summed E-state index contributed by atoms with van der Waals surface area (Å²) in [5.74, 6) is 0.553. The van der Waals surface area contributed by atoms with Gasteiger partial charge in [-0.1, -0.05) is 6.92 Å². The van der Waals surface area contributed by atoms with E-state index in [1.165, 1.54) is 11.2 Å². The van der Waals surface area contributed by atoms with Crippen molar-refractivity contribution in [3.05, 3.63) is 20.3 Å². The van der Waals surface area contributed by atoms with Gasteiger partial charge in [-0.3, -0.25) is 9.59 Å². The molecule has 0 atom stereocenters. The zero-order chi connectivity index (χ0) is 13.7. The van der Waals surface area contributed by atoms with Gasteiger partial charge in [0.1, 0.15) is 9.39 Å². The minimum atomic E-state index is -0.181. The maximum atomic E-state index is 11.8. The molecule has 1 rings (SSSR count). The summed E-state index contributed by atoms with van der Waals surface area (Å²) in [6, 6.07) is 0. The molecule has 6 nitrogen and oxygen atoms in total. The summed E-state index contributed by atoms with van der Waals surface area (Å²) in [4.78, 5) is 33.4. The number of anilines is 1. The molecule has 18 heavy (non-hydrogen) atoms. The van der Waals surface area contributed by atoms with Crippen molar-refractivity contribution in [2.45, 2.75) is 13.3 Å². The molecule has 0 aliphatic heterocycles. The molecule has 1 heterocycles. The fourth-order valence-electron chi connectivity index (χ4n) is 1.43. The van der Waals surface area contributed by atoms with Crippen molar-refractivity contribution in [3.63, 3.8) is 0 Å². The molecule has 1 aromatic heterocycles. The lowest BCUT2D eigenvalue weighted by molar-refractivity contribution is -0.127. The molecule has 0 unspecified atom stereocenters. The maximum absolute atomic E-state index is 11.8. The van der Waals surface area contributed by atoms with Gasteiger partial charge in [0.05, 0.1) is 12.9 Å². The number of hydrogen-bond acceptors (Lipinski definition) is 4. The molecular weight excluding hydrogens is 347 g/mol. The Kier molecular flexibility index (Phi) is 5.57. The van der Waals surface area contributed by atoms with Crippen LogP contribution >= 0.6 is 22.6 Å². The molecule has 100 valence electrons. The zero-order valence-corrected chi connectivity index (χ0v) is 12.9. The van der Waals surface area contributed by atoms with E-state index < -0.39 is 0 Å². The van der Waals surface area contributed by atoms with Crippen LogP contribution in [0.3, 0.4) is 0 Å². The molecule has 0 aliphatic carbocycles. The molecule has 0 bridgehead atoms. The molecule has 0 radical (unpaired) electrons. The number of rotatable bonds is 5. The fraction of sp³-hybridized carbons (Fsp3) is 0.545. The van der Waals surface area contributed by atoms with E-state index in [0.717, 1.165) is 6.42 Å². The van der Waals surface area contributed by atoms with E-state index >= 15 is 0 Å². The summed E-state index contributed by atoms with van der Waals surface area (Å²) in [6.45, 7) is 2.94. The van der Waals surface area contributed by atoms with Crippen LogP contribution in [-0.4, -0.2) is 48.0 Å². The van der Waals surface area contributed by atoms with E-state index in [0.29, 0.717) is 15.9 Å². The third-order valence-electron chi connectivity index (χ3n) is 2.40. The van der Waals surface area contributed by atoms with Gasteiger partial charge < -0.3 is 14.8 Å². The average molecular weight is 364 g/mol. The summed E-state index contributed by atoms with van der Waals surface area (Å²) >= 11 is 1.95. The molecular formula is C11H17IN4O2. The van der Waals surface area contributed by atoms with E-state index in [1.54, 1.807) is 14.1 Å². The number of carbonyl (C=O) groups excluding carboxylic acids is 1. The molecule has 0 fully saturated rings. The van der Waals surface area contributed by atoms with Crippen molar-refractivity contribution in [1.29, 1.82) is 0 Å². The standard InChI is InChI=1S/C11H17IN4O2/c1-4-5-16(6-8(17)15(2)3)10-9(12)11(18)14-7-13-10/h7H,4-6H2,1-3H3,(H,13,14,18). The zero-order valence-electron chi connectivity index (χ0n) is 10.7. The Hall–Kier alpha value is -1.12. The number of halogens is 1. The largest absolute Gasteiger partial charge is 0.347 e. The van der Waals surface area contributed by atoms with Crippen molar-refractivity contribution in [1.82, 2.24) is 14.9 Å². The lowest BCUT2D eigenvalue weighted by Gasteiger charge is -2.24. The van der Waals surface area contributed by atoms with Crippen LogP contribution in [0.4, 0.5) is 5.82 Å². The third-order valence-corrected chi connectivity index (χ3v) is 3.37. The van der Waals surface area contributed by atoms with Gasteiger partial charge >= 0.3 is 0 Å². The second-order valence-corrected chi connectivity index (χ2v) is 5.16. The highest BCUT2D eigenvalue weighted by atomic mass is 127. The van der Waals surface area contributed by atoms with Gasteiger partial charge in [-0.15, -0.1) is 0 Å². The smallest absolute Gasteiger partial charge is 0.266 e. The highest BCUT2D eigenvalue weighted by Crippen LogP contribution is 2.15. The summed E-state index contributed by atoms with van der Waals surface area (Å²) < 4.78 is 0.509. The van der Waals surface area contributed by atoms with Crippen LogP contribution in [0.2, 0.25) is 0 Å². The Balaban J connectivity index is 3.01. The first-order chi connectivity index (χ1) is 8.47. The summed E-state index contributed by atoms with van der Waals surface area (Å²) in [5.41, 5.74) is -0.181. The summed E-state index contributed by atoms with van der Waals surface area (Å²) in [7, 11) is 3.42. The second-order valence-electron chi connectivity index (χ2n) is 4.08. The van der Waals surface area contributed by atoms with Gasteiger partial charge in [0, 0.05) is 20.6 Å². The van der Waals surface area contributed by atoms with E-state index in [4.69, 9.17) is 0 Å². The molecule has 1 aromatic rings. The number of nitrogens with one attached hydrogen (secondary N) is 1. The number of H-pyrrole nitrogens is 1. The first-order valence-corrected chi connectivity index (χ1v) is 6.73. The Bertz CT molecular complexity index is 472. The number of aromatic amines is 1. The molecule has 0 aromatic carbocycles. The van der Waals surface area contributed by atoms with Crippen molar-refractivity contribution in [3.8, 4) is 0 Å². The highest BCUT2D eigenvalue weighted by molar-refractivity contribution is 14.1. The first-order valence-electron chi connectivity index (χ1n) is 5.65. The number of hydrogen-bond donors (Lipinski definition) is 1. The van der Waals surface area contributed by atoms with Crippen LogP contribution in [0.1, 0.15) is 13.3 Å². The Morgan fingerprint density at radius 1 is 1.50 bits per heavy atom. The van der Waals surface area contributed by atoms with Crippen molar-refractivity contribution in [2.24, 2.45) is 0 Å². The second kappa shape index (κ2) is 6.72. The number of amides is 1. The molecule has 0 saturated carbocycles. The Labute approximate surface area is 120 Å². The summed E-state index contributed by atoms with van der Waals surface area (Å²) in [5, 5.41) is 0. The number of aromatic nitrogens is 2. The minimum Gasteiger partial charge on any atom is -0.347 e. The van der Waals surface area contributed by atoms with Crippen molar-refractivity contribution in [2.75, 3.05) is 32.1 Å². The number of likely N-dealkylation sites (N-methyl/N-ethyl adjacent to an activating group) is 1. The fourth-order valence-corrected chi connectivity index (χ4v) is 2.06.